The second-order valence-electron chi connectivity index (χ2n) is 7.45. The van der Waals surface area contributed by atoms with Crippen molar-refractivity contribution in [2.24, 2.45) is 0 Å². The molecule has 1 N–H and O–H groups in total. The lowest BCUT2D eigenvalue weighted by atomic mass is 10.3. The van der Waals surface area contributed by atoms with Crippen molar-refractivity contribution in [2.75, 3.05) is 20.2 Å². The fourth-order valence-corrected chi connectivity index (χ4v) is 4.33. The van der Waals surface area contributed by atoms with Gasteiger partial charge >= 0.3 is 5.97 Å². The summed E-state index contributed by atoms with van der Waals surface area (Å²) in [5.74, 6) is -1.26. The van der Waals surface area contributed by atoms with Crippen molar-refractivity contribution in [2.45, 2.75) is 25.8 Å². The lowest BCUT2D eigenvalue weighted by Gasteiger charge is -2.16. The van der Waals surface area contributed by atoms with Crippen molar-refractivity contribution in [3.8, 4) is 5.69 Å². The summed E-state index contributed by atoms with van der Waals surface area (Å²) in [5.41, 5.74) is 1.47. The third kappa shape index (κ3) is 4.72. The van der Waals surface area contributed by atoms with Crippen LogP contribution in [0.4, 0.5) is 0 Å². The topological polar surface area (TPSA) is 93.5 Å². The Morgan fingerprint density at radius 3 is 2.77 bits per heavy atom. The molecular weight excluding hydrogens is 440 g/mol. The summed E-state index contributed by atoms with van der Waals surface area (Å²) in [6.07, 6.45) is 1.95. The number of fused-ring (bicyclic) bond motifs is 1. The molecule has 1 saturated carbocycles. The van der Waals surface area contributed by atoms with Gasteiger partial charge in [-0.1, -0.05) is 23.7 Å². The highest BCUT2D eigenvalue weighted by Gasteiger charge is 2.25. The molecule has 1 aromatic carbocycles. The molecule has 0 unspecified atom stereocenters. The third-order valence-electron chi connectivity index (χ3n) is 4.90. The molecule has 2 aromatic heterocycles. The number of hydrogen-bond acceptors (Lipinski definition) is 6. The molecule has 1 fully saturated rings. The third-order valence-corrected chi connectivity index (χ3v) is 6.31. The first-order chi connectivity index (χ1) is 14.8. The van der Waals surface area contributed by atoms with Crippen LogP contribution in [-0.4, -0.2) is 58.7 Å². The molecule has 0 radical (unpaired) electrons. The Morgan fingerprint density at radius 1 is 1.32 bits per heavy atom. The average Bonchev–Trinajstić information content (AvgIpc) is 3.34. The molecule has 0 saturated heterocycles. The molecule has 10 heteroatoms. The lowest BCUT2D eigenvalue weighted by Crippen LogP contribution is -2.40. The molecule has 0 spiro atoms. The Balaban J connectivity index is 1.42. The van der Waals surface area contributed by atoms with E-state index in [-0.39, 0.29) is 18.5 Å². The van der Waals surface area contributed by atoms with Crippen molar-refractivity contribution in [3.63, 3.8) is 0 Å². The number of hydrogen-bond donors (Lipinski definition) is 1. The highest BCUT2D eigenvalue weighted by molar-refractivity contribution is 7.20. The van der Waals surface area contributed by atoms with E-state index in [1.165, 1.54) is 23.3 Å². The number of para-hydroxylation sites is 1. The van der Waals surface area contributed by atoms with Crippen molar-refractivity contribution < 1.29 is 19.1 Å². The van der Waals surface area contributed by atoms with Crippen LogP contribution in [0.2, 0.25) is 5.02 Å². The molecule has 0 atom stereocenters. The van der Waals surface area contributed by atoms with Gasteiger partial charge < -0.3 is 15.0 Å². The van der Waals surface area contributed by atoms with Crippen molar-refractivity contribution in [1.29, 1.82) is 0 Å². The number of esters is 1. The van der Waals surface area contributed by atoms with Crippen LogP contribution in [0.25, 0.3) is 15.9 Å². The molecule has 2 amide bonds. The van der Waals surface area contributed by atoms with Crippen LogP contribution in [0, 0.1) is 6.92 Å². The zero-order chi connectivity index (χ0) is 22.1. The van der Waals surface area contributed by atoms with Gasteiger partial charge in [-0.15, -0.1) is 11.3 Å². The van der Waals surface area contributed by atoms with E-state index in [9.17, 15) is 14.4 Å². The van der Waals surface area contributed by atoms with Crippen LogP contribution in [-0.2, 0) is 14.3 Å². The summed E-state index contributed by atoms with van der Waals surface area (Å²) < 4.78 is 6.89. The molecular formula is C21H21ClN4O4S. The maximum atomic E-state index is 12.5. The van der Waals surface area contributed by atoms with Gasteiger partial charge in [0.2, 0.25) is 5.91 Å². The zero-order valence-corrected chi connectivity index (χ0v) is 18.6. The van der Waals surface area contributed by atoms with Crippen LogP contribution in [0.5, 0.6) is 0 Å². The molecule has 1 aliphatic carbocycles. The molecule has 31 heavy (non-hydrogen) atoms. The van der Waals surface area contributed by atoms with Crippen LogP contribution in [0.1, 0.15) is 28.2 Å². The lowest BCUT2D eigenvalue weighted by molar-refractivity contribution is -0.137. The number of ether oxygens (including phenoxy) is 1. The predicted molar refractivity (Wildman–Crippen MR) is 118 cm³/mol. The van der Waals surface area contributed by atoms with E-state index in [1.54, 1.807) is 16.8 Å². The number of halogens is 1. The van der Waals surface area contributed by atoms with E-state index in [0.29, 0.717) is 15.6 Å². The largest absolute Gasteiger partial charge is 0.451 e. The molecule has 0 aliphatic heterocycles. The Kier molecular flexibility index (Phi) is 5.97. The molecule has 2 heterocycles. The number of aryl methyl sites for hydroxylation is 1. The molecule has 0 bridgehead atoms. The number of nitrogens with one attached hydrogen (secondary N) is 1. The number of thiophene rings is 1. The van der Waals surface area contributed by atoms with Gasteiger partial charge in [0.05, 0.1) is 22.9 Å². The summed E-state index contributed by atoms with van der Waals surface area (Å²) in [4.78, 5) is 38.9. The second kappa shape index (κ2) is 8.68. The Hall–Kier alpha value is -2.91. The number of carbonyl (C=O) groups excluding carboxylic acids is 3. The SMILES string of the molecule is Cc1nn(-c2ccccc2Cl)c2sc(C(=O)OCC(=O)N(C)CC(=O)NC3CC3)cc12. The van der Waals surface area contributed by atoms with Gasteiger partial charge in [0.1, 0.15) is 9.71 Å². The minimum absolute atomic E-state index is 0.0668. The van der Waals surface area contributed by atoms with Crippen molar-refractivity contribution >= 4 is 50.9 Å². The summed E-state index contributed by atoms with van der Waals surface area (Å²) in [7, 11) is 1.50. The highest BCUT2D eigenvalue weighted by atomic mass is 35.5. The molecule has 162 valence electrons. The van der Waals surface area contributed by atoms with Gasteiger partial charge in [0, 0.05) is 18.5 Å². The normalized spacial score (nSPS) is 13.3. The monoisotopic (exact) mass is 460 g/mol. The van der Waals surface area contributed by atoms with Gasteiger partial charge in [-0.05, 0) is 38.0 Å². The fraction of sp³-hybridized carbons (Fsp3) is 0.333. The van der Waals surface area contributed by atoms with Crippen LogP contribution in [0.15, 0.2) is 30.3 Å². The number of aromatic nitrogens is 2. The van der Waals surface area contributed by atoms with E-state index >= 15 is 0 Å². The molecule has 1 aliphatic rings. The maximum absolute atomic E-state index is 12.5. The van der Waals surface area contributed by atoms with E-state index < -0.39 is 18.5 Å². The van der Waals surface area contributed by atoms with Gasteiger partial charge in [-0.3, -0.25) is 9.59 Å². The number of carbonyl (C=O) groups is 3. The Labute approximate surface area is 187 Å². The first-order valence-corrected chi connectivity index (χ1v) is 11.0. The molecule has 8 nitrogen and oxygen atoms in total. The summed E-state index contributed by atoms with van der Waals surface area (Å²) in [6, 6.07) is 9.25. The van der Waals surface area contributed by atoms with Crippen molar-refractivity contribution in [3.05, 3.63) is 45.9 Å². The minimum Gasteiger partial charge on any atom is -0.451 e. The summed E-state index contributed by atoms with van der Waals surface area (Å²) >= 11 is 7.52. The fourth-order valence-electron chi connectivity index (χ4n) is 3.05. The average molecular weight is 461 g/mol. The molecule has 3 aromatic rings. The number of nitrogens with zero attached hydrogens (tertiary/aromatic N) is 3. The van der Waals surface area contributed by atoms with Gasteiger partial charge in [-0.2, -0.15) is 5.10 Å². The summed E-state index contributed by atoms with van der Waals surface area (Å²) in [6.45, 7) is 1.35. The number of likely N-dealkylation sites (N-methyl/N-ethyl adjacent to an activating group) is 1. The first-order valence-electron chi connectivity index (χ1n) is 9.78. The van der Waals surface area contributed by atoms with Crippen LogP contribution >= 0.6 is 22.9 Å². The Bertz CT molecular complexity index is 1170. The van der Waals surface area contributed by atoms with E-state index in [2.05, 4.69) is 10.4 Å². The first kappa shape index (κ1) is 21.3. The second-order valence-corrected chi connectivity index (χ2v) is 8.88. The van der Waals surface area contributed by atoms with Gasteiger partial charge in [-0.25, -0.2) is 9.48 Å². The van der Waals surface area contributed by atoms with Gasteiger partial charge in [0.15, 0.2) is 6.61 Å². The smallest absolute Gasteiger partial charge is 0.348 e. The maximum Gasteiger partial charge on any atom is 0.348 e. The van der Waals surface area contributed by atoms with Gasteiger partial charge in [0.25, 0.3) is 5.91 Å². The number of amides is 2. The highest BCUT2D eigenvalue weighted by Crippen LogP contribution is 2.32. The van der Waals surface area contributed by atoms with E-state index in [4.69, 9.17) is 16.3 Å². The quantitative estimate of drug-likeness (QED) is 0.547. The van der Waals surface area contributed by atoms with Crippen molar-refractivity contribution in [1.82, 2.24) is 20.0 Å². The Morgan fingerprint density at radius 2 is 2.06 bits per heavy atom. The number of rotatable bonds is 7. The van der Waals surface area contributed by atoms with Crippen LogP contribution < -0.4 is 5.32 Å². The number of benzene rings is 1. The predicted octanol–water partition coefficient (Wildman–Crippen LogP) is 2.94. The van der Waals surface area contributed by atoms with E-state index in [0.717, 1.165) is 28.8 Å². The molecule has 4 rings (SSSR count). The minimum atomic E-state index is -0.601. The standard InChI is InChI=1S/C21H21ClN4O4S/c1-12-14-9-17(31-20(14)26(24-12)16-6-4-3-5-15(16)22)21(29)30-11-19(28)25(2)10-18(27)23-13-7-8-13/h3-6,9,13H,7-8,10-11H2,1-2H3,(H,23,27). The van der Waals surface area contributed by atoms with E-state index in [1.807, 2.05) is 25.1 Å². The van der Waals surface area contributed by atoms with Crippen LogP contribution in [0.3, 0.4) is 0 Å². The summed E-state index contributed by atoms with van der Waals surface area (Å²) in [5, 5.41) is 8.70. The zero-order valence-electron chi connectivity index (χ0n) is 17.1.